The van der Waals surface area contributed by atoms with E-state index in [0.717, 1.165) is 31.0 Å². The van der Waals surface area contributed by atoms with E-state index in [9.17, 15) is 4.79 Å². The second-order valence-corrected chi connectivity index (χ2v) is 6.50. The van der Waals surface area contributed by atoms with Crippen molar-refractivity contribution in [3.63, 3.8) is 0 Å². The van der Waals surface area contributed by atoms with Gasteiger partial charge in [0.25, 0.3) is 5.91 Å². The van der Waals surface area contributed by atoms with E-state index in [-0.39, 0.29) is 5.91 Å². The Bertz CT molecular complexity index is 706. The predicted molar refractivity (Wildman–Crippen MR) is 96.6 cm³/mol. The van der Waals surface area contributed by atoms with Crippen LogP contribution in [0.5, 0.6) is 0 Å². The summed E-state index contributed by atoms with van der Waals surface area (Å²) in [4.78, 5) is 29.4. The topological polar surface area (TPSA) is 74.2 Å². The number of hydrogen-bond donors (Lipinski definition) is 1. The smallest absolute Gasteiger partial charge is 0.272 e. The highest BCUT2D eigenvalue weighted by Gasteiger charge is 2.24. The first-order valence-electron chi connectivity index (χ1n) is 8.53. The number of pyridine rings is 1. The van der Waals surface area contributed by atoms with Crippen LogP contribution in [0.15, 0.2) is 36.8 Å². The van der Waals surface area contributed by atoms with Gasteiger partial charge in [-0.1, -0.05) is 6.07 Å². The number of amides is 1. The van der Waals surface area contributed by atoms with Crippen LogP contribution in [-0.2, 0) is 6.42 Å². The van der Waals surface area contributed by atoms with Gasteiger partial charge in [0.2, 0.25) is 0 Å². The first-order valence-corrected chi connectivity index (χ1v) is 8.53. The molecule has 0 radical (unpaired) electrons. The molecule has 0 saturated carbocycles. The lowest BCUT2D eigenvalue weighted by molar-refractivity contribution is 0.0741. The molecule has 0 spiro atoms. The Morgan fingerprint density at radius 3 is 2.96 bits per heavy atom. The van der Waals surface area contributed by atoms with E-state index in [1.54, 1.807) is 18.6 Å². The maximum atomic E-state index is 12.7. The Morgan fingerprint density at radius 1 is 1.32 bits per heavy atom. The number of carbonyl (C=O) groups is 1. The maximum absolute atomic E-state index is 12.7. The highest BCUT2D eigenvalue weighted by molar-refractivity contribution is 5.92. The molecule has 1 aliphatic rings. The molecular weight excluding hydrogens is 316 g/mol. The van der Waals surface area contributed by atoms with Crippen molar-refractivity contribution in [2.24, 2.45) is 5.92 Å². The van der Waals surface area contributed by atoms with Gasteiger partial charge in [-0.3, -0.25) is 9.78 Å². The molecule has 1 aliphatic heterocycles. The average Bonchev–Trinajstić information content (AvgIpc) is 2.87. The molecule has 25 heavy (non-hydrogen) atoms. The van der Waals surface area contributed by atoms with Crippen LogP contribution in [0.4, 0.5) is 5.82 Å². The summed E-state index contributed by atoms with van der Waals surface area (Å²) in [5, 5.41) is 3.42. The molecule has 2 aromatic rings. The van der Waals surface area contributed by atoms with Crippen LogP contribution >= 0.6 is 0 Å². The summed E-state index contributed by atoms with van der Waals surface area (Å²) in [6.45, 7) is 3.05. The number of rotatable bonds is 4. The normalized spacial score (nSPS) is 17.8. The zero-order valence-electron chi connectivity index (χ0n) is 14.7. The van der Waals surface area contributed by atoms with Gasteiger partial charge in [0.05, 0.1) is 0 Å². The molecule has 0 unspecified atom stereocenters. The van der Waals surface area contributed by atoms with Crippen molar-refractivity contribution in [1.29, 1.82) is 0 Å². The maximum Gasteiger partial charge on any atom is 0.272 e. The summed E-state index contributed by atoms with van der Waals surface area (Å²) >= 11 is 0. The van der Waals surface area contributed by atoms with E-state index in [0.29, 0.717) is 24.7 Å². The van der Waals surface area contributed by atoms with Gasteiger partial charge in [-0.2, -0.15) is 0 Å². The average molecular weight is 340 g/mol. The molecule has 132 valence electrons. The number of anilines is 1. The molecule has 0 aliphatic carbocycles. The predicted octanol–water partition coefficient (Wildman–Crippen LogP) is 0.842. The summed E-state index contributed by atoms with van der Waals surface area (Å²) in [7, 11) is 3.93. The minimum absolute atomic E-state index is 0.00836. The molecule has 2 aromatic heterocycles. The van der Waals surface area contributed by atoms with Crippen LogP contribution in [-0.4, -0.2) is 66.0 Å². The molecular formula is C18H24N6O. The first-order chi connectivity index (χ1) is 12.1. The fraction of sp³-hybridized carbons (Fsp3) is 0.444. The van der Waals surface area contributed by atoms with Crippen molar-refractivity contribution >= 4 is 11.7 Å². The van der Waals surface area contributed by atoms with Crippen LogP contribution in [0.25, 0.3) is 0 Å². The minimum atomic E-state index is -0.00836. The second kappa shape index (κ2) is 8.02. The number of carbonyl (C=O) groups excluding carboxylic acids is 1. The second-order valence-electron chi connectivity index (χ2n) is 6.50. The van der Waals surface area contributed by atoms with Gasteiger partial charge in [-0.05, 0) is 24.5 Å². The third-order valence-electron chi connectivity index (χ3n) is 4.31. The van der Waals surface area contributed by atoms with Gasteiger partial charge in [0.1, 0.15) is 17.8 Å². The molecule has 3 heterocycles. The summed E-state index contributed by atoms with van der Waals surface area (Å²) < 4.78 is 0. The van der Waals surface area contributed by atoms with Gasteiger partial charge >= 0.3 is 0 Å². The molecule has 3 rings (SSSR count). The third-order valence-corrected chi connectivity index (χ3v) is 4.31. The Kier molecular flexibility index (Phi) is 5.55. The molecule has 1 saturated heterocycles. The van der Waals surface area contributed by atoms with E-state index < -0.39 is 0 Å². The van der Waals surface area contributed by atoms with E-state index in [1.807, 2.05) is 42.1 Å². The molecule has 0 aromatic carbocycles. The standard InChI is InChI=1S/C18H24N6O/c1-23(2)17-10-15(21-13-22-17)9-14-11-19-7-8-24(12-14)18(25)16-5-3-4-6-20-16/h3-6,10,13-14,19H,7-9,11-12H2,1-2H3/t14-/m1/s1. The fourth-order valence-electron chi connectivity index (χ4n) is 3.00. The number of nitrogens with one attached hydrogen (secondary N) is 1. The van der Waals surface area contributed by atoms with E-state index in [1.165, 1.54) is 0 Å². The number of aromatic nitrogens is 3. The molecule has 1 atom stereocenters. The Morgan fingerprint density at radius 2 is 2.20 bits per heavy atom. The molecule has 0 bridgehead atoms. The monoisotopic (exact) mass is 340 g/mol. The van der Waals surface area contributed by atoms with E-state index >= 15 is 0 Å². The van der Waals surface area contributed by atoms with Gasteiger partial charge in [-0.15, -0.1) is 0 Å². The SMILES string of the molecule is CN(C)c1cc(C[C@@H]2CNCCN(C(=O)c3ccccn3)C2)ncn1. The lowest BCUT2D eigenvalue weighted by Crippen LogP contribution is -2.37. The molecule has 1 fully saturated rings. The minimum Gasteiger partial charge on any atom is -0.363 e. The van der Waals surface area contributed by atoms with E-state index in [2.05, 4.69) is 20.3 Å². The van der Waals surface area contributed by atoms with Crippen LogP contribution < -0.4 is 10.2 Å². The van der Waals surface area contributed by atoms with Crippen molar-refractivity contribution in [2.45, 2.75) is 6.42 Å². The third kappa shape index (κ3) is 4.51. The Hall–Kier alpha value is -2.54. The van der Waals surface area contributed by atoms with Crippen molar-refractivity contribution in [2.75, 3.05) is 45.2 Å². The number of hydrogen-bond acceptors (Lipinski definition) is 6. The number of nitrogens with zero attached hydrogens (tertiary/aromatic N) is 5. The summed E-state index contributed by atoms with van der Waals surface area (Å²) in [6, 6.07) is 7.44. The van der Waals surface area contributed by atoms with Crippen molar-refractivity contribution < 1.29 is 4.79 Å². The largest absolute Gasteiger partial charge is 0.363 e. The molecule has 1 amide bonds. The van der Waals surface area contributed by atoms with Crippen molar-refractivity contribution in [1.82, 2.24) is 25.2 Å². The highest BCUT2D eigenvalue weighted by atomic mass is 16.2. The summed E-state index contributed by atoms with van der Waals surface area (Å²) in [6.07, 6.45) is 4.07. The van der Waals surface area contributed by atoms with Crippen LogP contribution in [0, 0.1) is 5.92 Å². The zero-order chi connectivity index (χ0) is 17.6. The fourth-order valence-corrected chi connectivity index (χ4v) is 3.00. The molecule has 7 heteroatoms. The quantitative estimate of drug-likeness (QED) is 0.889. The van der Waals surface area contributed by atoms with Gasteiger partial charge in [0.15, 0.2) is 0 Å². The van der Waals surface area contributed by atoms with E-state index in [4.69, 9.17) is 0 Å². The van der Waals surface area contributed by atoms with Crippen LogP contribution in [0.2, 0.25) is 0 Å². The van der Waals surface area contributed by atoms with Crippen LogP contribution in [0.3, 0.4) is 0 Å². The first kappa shape index (κ1) is 17.3. The summed E-state index contributed by atoms with van der Waals surface area (Å²) in [5.74, 6) is 1.19. The lowest BCUT2D eigenvalue weighted by atomic mass is 10.0. The van der Waals surface area contributed by atoms with Crippen molar-refractivity contribution in [3.8, 4) is 0 Å². The van der Waals surface area contributed by atoms with Crippen LogP contribution in [0.1, 0.15) is 16.2 Å². The highest BCUT2D eigenvalue weighted by Crippen LogP contribution is 2.15. The Balaban J connectivity index is 1.70. The molecule has 1 N–H and O–H groups in total. The van der Waals surface area contributed by atoms with Gasteiger partial charge < -0.3 is 15.1 Å². The van der Waals surface area contributed by atoms with Crippen molar-refractivity contribution in [3.05, 3.63) is 48.2 Å². The molecule has 7 nitrogen and oxygen atoms in total. The lowest BCUT2D eigenvalue weighted by Gasteiger charge is -2.23. The summed E-state index contributed by atoms with van der Waals surface area (Å²) in [5.41, 5.74) is 1.50. The Labute approximate surface area is 148 Å². The zero-order valence-corrected chi connectivity index (χ0v) is 14.7. The van der Waals surface area contributed by atoms with Gasteiger partial charge in [-0.25, -0.2) is 9.97 Å². The van der Waals surface area contributed by atoms with Gasteiger partial charge in [0, 0.05) is 58.2 Å².